The van der Waals surface area contributed by atoms with Gasteiger partial charge in [-0.1, -0.05) is 43.2 Å². The molecular formula is C24H33NO4. The summed E-state index contributed by atoms with van der Waals surface area (Å²) in [6, 6.07) is 9.69. The summed E-state index contributed by atoms with van der Waals surface area (Å²) >= 11 is 0. The zero-order chi connectivity index (χ0) is 20.6. The monoisotopic (exact) mass is 399 g/mol. The van der Waals surface area contributed by atoms with Crippen molar-refractivity contribution in [2.45, 2.75) is 76.2 Å². The van der Waals surface area contributed by atoms with Crippen molar-refractivity contribution in [3.8, 4) is 0 Å². The molecule has 1 aliphatic heterocycles. The highest BCUT2D eigenvalue weighted by atomic mass is 16.5. The van der Waals surface area contributed by atoms with Gasteiger partial charge in [0.05, 0.1) is 13.0 Å². The van der Waals surface area contributed by atoms with Gasteiger partial charge < -0.3 is 9.64 Å². The third-order valence-corrected chi connectivity index (χ3v) is 6.53. The number of nitrogens with zero attached hydrogens (tertiary/aromatic N) is 1. The zero-order valence-electron chi connectivity index (χ0n) is 17.5. The molecule has 3 atom stereocenters. The number of likely N-dealkylation sites (tertiary alicyclic amines) is 1. The molecule has 1 saturated carbocycles. The highest BCUT2D eigenvalue weighted by Crippen LogP contribution is 2.35. The van der Waals surface area contributed by atoms with Crippen LogP contribution in [0.2, 0.25) is 0 Å². The van der Waals surface area contributed by atoms with E-state index in [0.717, 1.165) is 24.9 Å². The molecule has 29 heavy (non-hydrogen) atoms. The first-order valence-electron chi connectivity index (χ1n) is 11.0. The standard InChI is InChI=1S/C24H33NO4/c1-29-24(28)21(18-9-3-2-4-10-18)17-20(26)13-7-15-23(27)25-16-8-12-19-11-5-6-14-22(19)25/h2-4,9-10,19,21-22H,5-8,11-17H2,1H3. The van der Waals surface area contributed by atoms with Crippen LogP contribution in [0.3, 0.4) is 0 Å². The number of piperidine rings is 1. The maximum absolute atomic E-state index is 12.8. The molecule has 2 aliphatic rings. The predicted molar refractivity (Wildman–Crippen MR) is 111 cm³/mol. The van der Waals surface area contributed by atoms with Crippen LogP contribution in [0.5, 0.6) is 0 Å². The van der Waals surface area contributed by atoms with Crippen molar-refractivity contribution in [2.24, 2.45) is 5.92 Å². The molecule has 1 amide bonds. The van der Waals surface area contributed by atoms with Gasteiger partial charge in [0.1, 0.15) is 5.78 Å². The molecular weight excluding hydrogens is 366 g/mol. The van der Waals surface area contributed by atoms with Crippen LogP contribution in [0.4, 0.5) is 0 Å². The molecule has 0 spiro atoms. The van der Waals surface area contributed by atoms with Crippen LogP contribution in [0, 0.1) is 5.92 Å². The molecule has 5 nitrogen and oxygen atoms in total. The lowest BCUT2D eigenvalue weighted by Crippen LogP contribution is -2.49. The highest BCUT2D eigenvalue weighted by Gasteiger charge is 2.35. The topological polar surface area (TPSA) is 63.7 Å². The van der Waals surface area contributed by atoms with E-state index in [-0.39, 0.29) is 18.1 Å². The average Bonchev–Trinajstić information content (AvgIpc) is 2.77. The molecule has 0 N–H and O–H groups in total. The van der Waals surface area contributed by atoms with Gasteiger partial charge in [0, 0.05) is 31.8 Å². The third kappa shape index (κ3) is 5.68. The van der Waals surface area contributed by atoms with E-state index in [4.69, 9.17) is 4.74 Å². The van der Waals surface area contributed by atoms with Gasteiger partial charge in [0.25, 0.3) is 0 Å². The Balaban J connectivity index is 1.48. The minimum absolute atomic E-state index is 0.00578. The summed E-state index contributed by atoms with van der Waals surface area (Å²) in [4.78, 5) is 39.5. The summed E-state index contributed by atoms with van der Waals surface area (Å²) in [5.74, 6) is -0.0882. The number of hydrogen-bond acceptors (Lipinski definition) is 4. The summed E-state index contributed by atoms with van der Waals surface area (Å²) in [6.07, 6.45) is 8.67. The number of Topliss-reactive ketones (excluding diaryl/α,β-unsaturated/α-hetero) is 1. The second-order valence-corrected chi connectivity index (χ2v) is 8.42. The summed E-state index contributed by atoms with van der Waals surface area (Å²) in [5, 5.41) is 0. The second-order valence-electron chi connectivity index (χ2n) is 8.42. The molecule has 0 radical (unpaired) electrons. The second kappa shape index (κ2) is 10.6. The molecule has 0 aromatic heterocycles. The maximum Gasteiger partial charge on any atom is 0.313 e. The van der Waals surface area contributed by atoms with Crippen molar-refractivity contribution in [3.63, 3.8) is 0 Å². The lowest BCUT2D eigenvalue weighted by molar-refractivity contribution is -0.144. The summed E-state index contributed by atoms with van der Waals surface area (Å²) in [5.41, 5.74) is 0.792. The van der Waals surface area contributed by atoms with E-state index in [1.807, 2.05) is 30.3 Å². The first kappa shape index (κ1) is 21.5. The van der Waals surface area contributed by atoms with Gasteiger partial charge in [-0.25, -0.2) is 0 Å². The van der Waals surface area contributed by atoms with E-state index in [1.54, 1.807) is 0 Å². The molecule has 0 bridgehead atoms. The molecule has 1 aromatic rings. The SMILES string of the molecule is COC(=O)C(CC(=O)CCCC(=O)N1CCCC2CCCCC21)c1ccccc1. The highest BCUT2D eigenvalue weighted by molar-refractivity contribution is 5.88. The minimum atomic E-state index is -0.575. The largest absolute Gasteiger partial charge is 0.469 e. The van der Waals surface area contributed by atoms with Crippen LogP contribution >= 0.6 is 0 Å². The van der Waals surface area contributed by atoms with Gasteiger partial charge in [0.15, 0.2) is 0 Å². The predicted octanol–water partition coefficient (Wildman–Crippen LogP) is 4.25. The van der Waals surface area contributed by atoms with Gasteiger partial charge in [-0.05, 0) is 43.6 Å². The summed E-state index contributed by atoms with van der Waals surface area (Å²) in [7, 11) is 1.35. The number of ketones is 1. The quantitative estimate of drug-likeness (QED) is 0.613. The normalized spacial score (nSPS) is 22.4. The summed E-state index contributed by atoms with van der Waals surface area (Å²) in [6.45, 7) is 0.867. The van der Waals surface area contributed by atoms with Crippen LogP contribution < -0.4 is 0 Å². The fourth-order valence-electron chi connectivity index (χ4n) is 5.01. The van der Waals surface area contributed by atoms with Gasteiger partial charge in [-0.3, -0.25) is 14.4 Å². The first-order chi connectivity index (χ1) is 14.1. The Morgan fingerprint density at radius 1 is 1.03 bits per heavy atom. The Labute approximate surface area is 173 Å². The first-order valence-corrected chi connectivity index (χ1v) is 11.0. The van der Waals surface area contributed by atoms with Crippen molar-refractivity contribution < 1.29 is 19.1 Å². The van der Waals surface area contributed by atoms with Crippen LogP contribution in [-0.4, -0.2) is 42.3 Å². The number of amides is 1. The van der Waals surface area contributed by atoms with Crippen molar-refractivity contribution in [2.75, 3.05) is 13.7 Å². The van der Waals surface area contributed by atoms with Crippen LogP contribution in [0.25, 0.3) is 0 Å². The van der Waals surface area contributed by atoms with Gasteiger partial charge in [-0.15, -0.1) is 0 Å². The molecule has 5 heteroatoms. The van der Waals surface area contributed by atoms with Crippen LogP contribution in [0.15, 0.2) is 30.3 Å². The molecule has 1 aromatic carbocycles. The van der Waals surface area contributed by atoms with Gasteiger partial charge >= 0.3 is 5.97 Å². The minimum Gasteiger partial charge on any atom is -0.469 e. The molecule has 158 valence electrons. The van der Waals surface area contributed by atoms with E-state index in [1.165, 1.54) is 32.8 Å². The number of methoxy groups -OCH3 is 1. The fourth-order valence-corrected chi connectivity index (χ4v) is 5.01. The van der Waals surface area contributed by atoms with E-state index in [0.29, 0.717) is 31.2 Å². The Morgan fingerprint density at radius 2 is 1.76 bits per heavy atom. The lowest BCUT2D eigenvalue weighted by Gasteiger charge is -2.44. The van der Waals surface area contributed by atoms with Crippen molar-refractivity contribution in [1.29, 1.82) is 0 Å². The smallest absolute Gasteiger partial charge is 0.313 e. The van der Waals surface area contributed by atoms with Crippen molar-refractivity contribution >= 4 is 17.7 Å². The number of ether oxygens (including phenoxy) is 1. The fraction of sp³-hybridized carbons (Fsp3) is 0.625. The van der Waals surface area contributed by atoms with Gasteiger partial charge in [-0.2, -0.15) is 0 Å². The lowest BCUT2D eigenvalue weighted by atomic mass is 9.78. The van der Waals surface area contributed by atoms with Crippen molar-refractivity contribution in [1.82, 2.24) is 4.90 Å². The van der Waals surface area contributed by atoms with Crippen molar-refractivity contribution in [3.05, 3.63) is 35.9 Å². The molecule has 1 saturated heterocycles. The molecule has 3 unspecified atom stereocenters. The number of hydrogen-bond donors (Lipinski definition) is 0. The Hall–Kier alpha value is -2.17. The number of carbonyl (C=O) groups excluding carboxylic acids is 3. The molecule has 3 rings (SSSR count). The number of fused-ring (bicyclic) bond motifs is 1. The molecule has 1 heterocycles. The number of esters is 1. The Bertz CT molecular complexity index is 700. The van der Waals surface area contributed by atoms with E-state index in [9.17, 15) is 14.4 Å². The van der Waals surface area contributed by atoms with E-state index < -0.39 is 11.9 Å². The van der Waals surface area contributed by atoms with Crippen LogP contribution in [0.1, 0.15) is 75.7 Å². The molecule has 2 fully saturated rings. The maximum atomic E-state index is 12.8. The number of carbonyl (C=O) groups is 3. The third-order valence-electron chi connectivity index (χ3n) is 6.53. The summed E-state index contributed by atoms with van der Waals surface area (Å²) < 4.78 is 4.89. The number of rotatable bonds is 8. The van der Waals surface area contributed by atoms with E-state index >= 15 is 0 Å². The van der Waals surface area contributed by atoms with Gasteiger partial charge in [0.2, 0.25) is 5.91 Å². The zero-order valence-corrected chi connectivity index (χ0v) is 17.5. The van der Waals surface area contributed by atoms with E-state index in [2.05, 4.69) is 4.90 Å². The average molecular weight is 400 g/mol. The Kier molecular flexibility index (Phi) is 7.84. The van der Waals surface area contributed by atoms with Crippen LogP contribution in [-0.2, 0) is 19.1 Å². The molecule has 1 aliphatic carbocycles. The number of benzene rings is 1. The Morgan fingerprint density at radius 3 is 2.52 bits per heavy atom.